The number of hydrogen-bond acceptors (Lipinski definition) is 3. The lowest BCUT2D eigenvalue weighted by atomic mass is 9.88. The number of likely N-dealkylation sites (tertiary alicyclic amines) is 1. The van der Waals surface area contributed by atoms with E-state index in [0.29, 0.717) is 37.9 Å². The van der Waals surface area contributed by atoms with Gasteiger partial charge in [-0.3, -0.25) is 9.59 Å². The number of nitrogens with zero attached hydrogens (tertiary/aromatic N) is 1. The minimum atomic E-state index is -0.173. The number of aryl methyl sites for hydroxylation is 1. The molecule has 0 aromatic heterocycles. The maximum atomic E-state index is 13.1. The standard InChI is InChI=1S/C27H27NO3/c1-19-7-10-22(11-8-19)26(30)23-13-15-28(16-14-23)27(31)24-18-21(9-12-25(24)29)17-20-5-3-2-4-6-20/h2-12,18,23,29H,13-17H2,1H3. The first-order valence-corrected chi connectivity index (χ1v) is 10.8. The third kappa shape index (κ3) is 4.85. The molecule has 0 bridgehead atoms. The molecule has 31 heavy (non-hydrogen) atoms. The maximum absolute atomic E-state index is 13.1. The van der Waals surface area contributed by atoms with E-state index in [-0.39, 0.29) is 23.4 Å². The number of hydrogen-bond donors (Lipinski definition) is 1. The maximum Gasteiger partial charge on any atom is 0.257 e. The summed E-state index contributed by atoms with van der Waals surface area (Å²) in [5.41, 5.74) is 4.34. The molecule has 1 aliphatic rings. The molecule has 1 N–H and O–H groups in total. The van der Waals surface area contributed by atoms with Gasteiger partial charge in [0, 0.05) is 24.6 Å². The van der Waals surface area contributed by atoms with Crippen LogP contribution >= 0.6 is 0 Å². The van der Waals surface area contributed by atoms with Crippen LogP contribution in [0, 0.1) is 12.8 Å². The Morgan fingerprint density at radius 3 is 2.26 bits per heavy atom. The van der Waals surface area contributed by atoms with Gasteiger partial charge in [0.25, 0.3) is 5.91 Å². The van der Waals surface area contributed by atoms with Gasteiger partial charge in [0.1, 0.15) is 5.75 Å². The molecule has 1 aliphatic heterocycles. The fourth-order valence-electron chi connectivity index (χ4n) is 4.16. The smallest absolute Gasteiger partial charge is 0.257 e. The number of ketones is 1. The van der Waals surface area contributed by atoms with E-state index in [4.69, 9.17) is 0 Å². The zero-order chi connectivity index (χ0) is 21.8. The summed E-state index contributed by atoms with van der Waals surface area (Å²) in [7, 11) is 0. The van der Waals surface area contributed by atoms with Crippen molar-refractivity contribution in [2.45, 2.75) is 26.2 Å². The Morgan fingerprint density at radius 2 is 1.58 bits per heavy atom. The predicted molar refractivity (Wildman–Crippen MR) is 121 cm³/mol. The van der Waals surface area contributed by atoms with Gasteiger partial charge >= 0.3 is 0 Å². The molecule has 0 atom stereocenters. The summed E-state index contributed by atoms with van der Waals surface area (Å²) in [4.78, 5) is 27.6. The molecular weight excluding hydrogens is 386 g/mol. The van der Waals surface area contributed by atoms with E-state index in [1.165, 1.54) is 0 Å². The van der Waals surface area contributed by atoms with Crippen LogP contribution in [0.4, 0.5) is 0 Å². The third-order valence-electron chi connectivity index (χ3n) is 6.03. The second kappa shape index (κ2) is 9.17. The first kappa shape index (κ1) is 20.9. The zero-order valence-corrected chi connectivity index (χ0v) is 17.8. The van der Waals surface area contributed by atoms with Crippen LogP contribution in [-0.2, 0) is 6.42 Å². The molecule has 1 heterocycles. The summed E-state index contributed by atoms with van der Waals surface area (Å²) in [6.45, 7) is 3.04. The number of Topliss-reactive ketones (excluding diaryl/α,β-unsaturated/α-hetero) is 1. The lowest BCUT2D eigenvalue weighted by Crippen LogP contribution is -2.40. The molecule has 4 nitrogen and oxygen atoms in total. The third-order valence-corrected chi connectivity index (χ3v) is 6.03. The summed E-state index contributed by atoms with van der Waals surface area (Å²) in [6, 6.07) is 23.0. The Kier molecular flexibility index (Phi) is 6.17. The number of carbonyl (C=O) groups excluding carboxylic acids is 2. The van der Waals surface area contributed by atoms with Gasteiger partial charge in [-0.15, -0.1) is 0 Å². The predicted octanol–water partition coefficient (Wildman–Crippen LogP) is 5.03. The van der Waals surface area contributed by atoms with Crippen LogP contribution in [-0.4, -0.2) is 34.8 Å². The van der Waals surface area contributed by atoms with E-state index < -0.39 is 0 Å². The van der Waals surface area contributed by atoms with Crippen molar-refractivity contribution in [2.75, 3.05) is 13.1 Å². The van der Waals surface area contributed by atoms with Crippen molar-refractivity contribution in [2.24, 2.45) is 5.92 Å². The van der Waals surface area contributed by atoms with Crippen LogP contribution in [0.15, 0.2) is 72.8 Å². The lowest BCUT2D eigenvalue weighted by Gasteiger charge is -2.31. The van der Waals surface area contributed by atoms with E-state index in [1.807, 2.05) is 67.6 Å². The van der Waals surface area contributed by atoms with Crippen molar-refractivity contribution in [1.29, 1.82) is 0 Å². The van der Waals surface area contributed by atoms with Gasteiger partial charge in [0.15, 0.2) is 5.78 Å². The van der Waals surface area contributed by atoms with Gasteiger partial charge in [0.2, 0.25) is 0 Å². The molecule has 3 aromatic carbocycles. The molecule has 158 valence electrons. The largest absolute Gasteiger partial charge is 0.507 e. The van der Waals surface area contributed by atoms with E-state index in [0.717, 1.165) is 22.3 Å². The normalized spacial score (nSPS) is 14.4. The first-order chi connectivity index (χ1) is 15.0. The van der Waals surface area contributed by atoms with Crippen molar-refractivity contribution in [3.63, 3.8) is 0 Å². The summed E-state index contributed by atoms with van der Waals surface area (Å²) in [6.07, 6.45) is 1.99. The summed E-state index contributed by atoms with van der Waals surface area (Å²) in [5.74, 6) is -0.0853. The average Bonchev–Trinajstić information content (AvgIpc) is 2.81. The molecule has 0 aliphatic carbocycles. The van der Waals surface area contributed by atoms with E-state index in [2.05, 4.69) is 0 Å². The van der Waals surface area contributed by atoms with Gasteiger partial charge in [0.05, 0.1) is 5.56 Å². The van der Waals surface area contributed by atoms with Gasteiger partial charge in [-0.2, -0.15) is 0 Å². The van der Waals surface area contributed by atoms with Crippen LogP contribution in [0.2, 0.25) is 0 Å². The second-order valence-corrected chi connectivity index (χ2v) is 8.31. The molecule has 1 saturated heterocycles. The molecule has 0 saturated carbocycles. The molecule has 0 spiro atoms. The summed E-state index contributed by atoms with van der Waals surface area (Å²) >= 11 is 0. The number of rotatable bonds is 5. The number of phenolic OH excluding ortho intramolecular Hbond substituents is 1. The van der Waals surface area contributed by atoms with Gasteiger partial charge in [-0.1, -0.05) is 66.2 Å². The Morgan fingerprint density at radius 1 is 0.903 bits per heavy atom. The van der Waals surface area contributed by atoms with E-state index in [1.54, 1.807) is 17.0 Å². The zero-order valence-electron chi connectivity index (χ0n) is 17.8. The Hall–Kier alpha value is -3.40. The Labute approximate surface area is 183 Å². The van der Waals surface area contributed by atoms with Gasteiger partial charge < -0.3 is 10.0 Å². The molecule has 0 radical (unpaired) electrons. The topological polar surface area (TPSA) is 57.6 Å². The Balaban J connectivity index is 1.42. The highest BCUT2D eigenvalue weighted by molar-refractivity contribution is 5.99. The van der Waals surface area contributed by atoms with Gasteiger partial charge in [-0.25, -0.2) is 0 Å². The molecule has 4 heteroatoms. The number of benzene rings is 3. The second-order valence-electron chi connectivity index (χ2n) is 8.31. The number of carbonyl (C=O) groups is 2. The number of piperidine rings is 1. The molecule has 0 unspecified atom stereocenters. The number of aromatic hydroxyl groups is 1. The van der Waals surface area contributed by atoms with Crippen molar-refractivity contribution in [3.05, 3.63) is 101 Å². The van der Waals surface area contributed by atoms with Crippen molar-refractivity contribution >= 4 is 11.7 Å². The van der Waals surface area contributed by atoms with Crippen LogP contribution in [0.5, 0.6) is 5.75 Å². The fraction of sp³-hybridized carbons (Fsp3) is 0.259. The van der Waals surface area contributed by atoms with Gasteiger partial charge in [-0.05, 0) is 49.4 Å². The van der Waals surface area contributed by atoms with E-state index >= 15 is 0 Å². The Bertz CT molecular complexity index is 1070. The minimum absolute atomic E-state index is 0.000308. The number of amides is 1. The van der Waals surface area contributed by atoms with Crippen LogP contribution in [0.1, 0.15) is 50.2 Å². The molecule has 1 amide bonds. The van der Waals surface area contributed by atoms with E-state index in [9.17, 15) is 14.7 Å². The monoisotopic (exact) mass is 413 g/mol. The van der Waals surface area contributed by atoms with Crippen LogP contribution in [0.25, 0.3) is 0 Å². The highest BCUT2D eigenvalue weighted by Crippen LogP contribution is 2.26. The quantitative estimate of drug-likeness (QED) is 0.597. The highest BCUT2D eigenvalue weighted by Gasteiger charge is 2.29. The van der Waals surface area contributed by atoms with Crippen molar-refractivity contribution in [1.82, 2.24) is 4.90 Å². The fourth-order valence-corrected chi connectivity index (χ4v) is 4.16. The summed E-state index contributed by atoms with van der Waals surface area (Å²) < 4.78 is 0. The lowest BCUT2D eigenvalue weighted by molar-refractivity contribution is 0.0647. The minimum Gasteiger partial charge on any atom is -0.507 e. The molecule has 4 rings (SSSR count). The molecular formula is C27H27NO3. The van der Waals surface area contributed by atoms with Crippen LogP contribution in [0.3, 0.4) is 0 Å². The van der Waals surface area contributed by atoms with Crippen molar-refractivity contribution in [3.8, 4) is 5.75 Å². The SMILES string of the molecule is Cc1ccc(C(=O)C2CCN(C(=O)c3cc(Cc4ccccc4)ccc3O)CC2)cc1. The first-order valence-electron chi connectivity index (χ1n) is 10.8. The van der Waals surface area contributed by atoms with Crippen molar-refractivity contribution < 1.29 is 14.7 Å². The summed E-state index contributed by atoms with van der Waals surface area (Å²) in [5, 5.41) is 10.3. The highest BCUT2D eigenvalue weighted by atomic mass is 16.3. The average molecular weight is 414 g/mol. The van der Waals surface area contributed by atoms with Crippen LogP contribution < -0.4 is 0 Å². The number of phenols is 1. The molecule has 1 fully saturated rings. The molecule has 3 aromatic rings.